The third-order valence-electron chi connectivity index (χ3n) is 6.36. The normalized spacial score (nSPS) is 16.2. The number of H-pyrrole nitrogens is 1. The number of aromatic amines is 1. The number of aryl methyl sites for hydroxylation is 2. The van der Waals surface area contributed by atoms with E-state index in [-0.39, 0.29) is 11.5 Å². The minimum absolute atomic E-state index is 0.0460. The molecule has 0 bridgehead atoms. The molecule has 0 unspecified atom stereocenters. The van der Waals surface area contributed by atoms with Gasteiger partial charge in [-0.2, -0.15) is 5.10 Å². The molecule has 3 aromatic rings. The Labute approximate surface area is 176 Å². The van der Waals surface area contributed by atoms with Crippen LogP contribution in [0.1, 0.15) is 50.6 Å². The van der Waals surface area contributed by atoms with Crippen molar-refractivity contribution in [3.8, 4) is 0 Å². The maximum Gasteiger partial charge on any atom is 0.262 e. The molecule has 1 aliphatic rings. The molecule has 4 rings (SSSR count). The first-order chi connectivity index (χ1) is 14.6. The summed E-state index contributed by atoms with van der Waals surface area (Å²) < 4.78 is 1.79. The number of hydrogen-bond acceptors (Lipinski definition) is 4. The Hall–Kier alpha value is -2.67. The molecule has 2 heterocycles. The summed E-state index contributed by atoms with van der Waals surface area (Å²) in [5.41, 5.74) is 8.43. The van der Waals surface area contributed by atoms with Crippen LogP contribution in [-0.2, 0) is 11.3 Å². The fraction of sp³-hybridized carbons (Fsp3) is 0.522. The molecule has 1 aromatic carbocycles. The van der Waals surface area contributed by atoms with Gasteiger partial charge in [-0.25, -0.2) is 0 Å². The van der Waals surface area contributed by atoms with Crippen LogP contribution in [0.4, 0.5) is 0 Å². The Bertz CT molecular complexity index is 1090. The largest absolute Gasteiger partial charge is 0.355 e. The summed E-state index contributed by atoms with van der Waals surface area (Å²) in [5.74, 6) is 0.494. The summed E-state index contributed by atoms with van der Waals surface area (Å²) >= 11 is 0. The number of carbonyl (C=O) groups is 1. The van der Waals surface area contributed by atoms with Crippen LogP contribution in [0.3, 0.4) is 0 Å². The number of nitrogens with one attached hydrogen (secondary N) is 2. The Balaban J connectivity index is 1.40. The molecule has 30 heavy (non-hydrogen) atoms. The van der Waals surface area contributed by atoms with E-state index >= 15 is 0 Å². The molecule has 1 amide bonds. The van der Waals surface area contributed by atoms with E-state index in [1.807, 2.05) is 31.2 Å². The number of aromatic nitrogens is 3. The summed E-state index contributed by atoms with van der Waals surface area (Å²) in [5, 5.41) is 11.8. The topological polar surface area (TPSA) is 106 Å². The number of fused-ring (bicyclic) bond motifs is 3. The summed E-state index contributed by atoms with van der Waals surface area (Å²) in [7, 11) is 0. The second kappa shape index (κ2) is 9.00. The van der Waals surface area contributed by atoms with E-state index in [0.29, 0.717) is 36.3 Å². The molecule has 4 N–H and O–H groups in total. The van der Waals surface area contributed by atoms with Gasteiger partial charge in [0.15, 0.2) is 0 Å². The molecule has 160 valence electrons. The maximum atomic E-state index is 13.1. The molecular weight excluding hydrogens is 378 g/mol. The average molecular weight is 410 g/mol. The molecule has 2 aromatic heterocycles. The van der Waals surface area contributed by atoms with Crippen LogP contribution in [0.15, 0.2) is 29.1 Å². The Morgan fingerprint density at radius 3 is 2.87 bits per heavy atom. The minimum Gasteiger partial charge on any atom is -0.355 e. The van der Waals surface area contributed by atoms with E-state index in [9.17, 15) is 9.59 Å². The van der Waals surface area contributed by atoms with Crippen LogP contribution in [0.2, 0.25) is 0 Å². The quantitative estimate of drug-likeness (QED) is 0.522. The van der Waals surface area contributed by atoms with Gasteiger partial charge in [-0.15, -0.1) is 0 Å². The number of rotatable bonds is 7. The molecule has 1 fully saturated rings. The van der Waals surface area contributed by atoms with Crippen LogP contribution in [0, 0.1) is 12.8 Å². The molecule has 0 radical (unpaired) electrons. The van der Waals surface area contributed by atoms with Crippen molar-refractivity contribution in [2.24, 2.45) is 11.7 Å². The van der Waals surface area contributed by atoms with Gasteiger partial charge < -0.3 is 15.6 Å². The van der Waals surface area contributed by atoms with Crippen molar-refractivity contribution in [2.75, 3.05) is 6.54 Å². The van der Waals surface area contributed by atoms with Crippen molar-refractivity contribution in [1.29, 1.82) is 0 Å². The first-order valence-electron chi connectivity index (χ1n) is 11.1. The minimum atomic E-state index is -0.443. The van der Waals surface area contributed by atoms with Crippen molar-refractivity contribution in [3.63, 3.8) is 0 Å². The Kier molecular flexibility index (Phi) is 6.18. The highest BCUT2D eigenvalue weighted by Gasteiger charge is 2.21. The lowest BCUT2D eigenvalue weighted by Crippen LogP contribution is -2.42. The molecule has 0 aliphatic heterocycles. The van der Waals surface area contributed by atoms with E-state index in [1.165, 1.54) is 32.1 Å². The lowest BCUT2D eigenvalue weighted by molar-refractivity contribution is -0.122. The number of benzene rings is 1. The van der Waals surface area contributed by atoms with Gasteiger partial charge in [-0.1, -0.05) is 50.3 Å². The van der Waals surface area contributed by atoms with Gasteiger partial charge in [0.2, 0.25) is 5.91 Å². The third kappa shape index (κ3) is 4.12. The second-order valence-corrected chi connectivity index (χ2v) is 8.54. The van der Waals surface area contributed by atoms with Gasteiger partial charge in [0.25, 0.3) is 5.56 Å². The zero-order valence-electron chi connectivity index (χ0n) is 17.6. The van der Waals surface area contributed by atoms with Gasteiger partial charge in [-0.3, -0.25) is 14.7 Å². The zero-order chi connectivity index (χ0) is 21.1. The number of amides is 1. The van der Waals surface area contributed by atoms with Crippen LogP contribution in [0.25, 0.3) is 21.8 Å². The standard InChI is InChI=1S/C23H31N5O2/c1-15-20-21(27-26-15)17-10-5-6-11-19(17)28(23(20)30)13-7-12-25-22(29)18(24)14-16-8-3-2-4-9-16/h5-6,10-11,16,18H,2-4,7-9,12-14,24H2,1H3,(H,25,29)(H,26,27)/t18-/m0/s1. The van der Waals surface area contributed by atoms with Gasteiger partial charge in [0.1, 0.15) is 5.52 Å². The number of carbonyl (C=O) groups excluding carboxylic acids is 1. The molecule has 1 atom stereocenters. The van der Waals surface area contributed by atoms with Crippen LogP contribution in [-0.4, -0.2) is 33.3 Å². The second-order valence-electron chi connectivity index (χ2n) is 8.54. The first kappa shape index (κ1) is 20.6. The summed E-state index contributed by atoms with van der Waals surface area (Å²) in [4.78, 5) is 25.5. The number of hydrogen-bond donors (Lipinski definition) is 3. The van der Waals surface area contributed by atoms with Crippen molar-refractivity contribution in [2.45, 2.75) is 64.5 Å². The predicted octanol–water partition coefficient (Wildman–Crippen LogP) is 2.99. The number of pyridine rings is 1. The predicted molar refractivity (Wildman–Crippen MR) is 119 cm³/mol. The van der Waals surface area contributed by atoms with Crippen LogP contribution < -0.4 is 16.6 Å². The van der Waals surface area contributed by atoms with Crippen molar-refractivity contribution in [1.82, 2.24) is 20.1 Å². The fourth-order valence-electron chi connectivity index (χ4n) is 4.73. The first-order valence-corrected chi connectivity index (χ1v) is 11.1. The van der Waals surface area contributed by atoms with E-state index in [1.54, 1.807) is 4.57 Å². The van der Waals surface area contributed by atoms with Crippen molar-refractivity contribution in [3.05, 3.63) is 40.3 Å². The summed E-state index contributed by atoms with van der Waals surface area (Å²) in [6.07, 6.45) is 7.61. The molecule has 0 saturated heterocycles. The van der Waals surface area contributed by atoms with E-state index in [0.717, 1.165) is 23.0 Å². The average Bonchev–Trinajstić information content (AvgIpc) is 3.15. The van der Waals surface area contributed by atoms with E-state index in [2.05, 4.69) is 15.5 Å². The highest BCUT2D eigenvalue weighted by Crippen LogP contribution is 2.27. The van der Waals surface area contributed by atoms with Gasteiger partial charge in [0.05, 0.1) is 16.9 Å². The molecular formula is C23H31N5O2. The monoisotopic (exact) mass is 409 g/mol. The van der Waals surface area contributed by atoms with E-state index in [4.69, 9.17) is 5.73 Å². The zero-order valence-corrected chi connectivity index (χ0v) is 17.6. The maximum absolute atomic E-state index is 13.1. The fourth-order valence-corrected chi connectivity index (χ4v) is 4.73. The SMILES string of the molecule is Cc1[nH]nc2c1c(=O)n(CCCNC(=O)[C@@H](N)CC1CCCCC1)c1ccccc21. The van der Waals surface area contributed by atoms with Crippen molar-refractivity contribution >= 4 is 27.7 Å². The molecule has 1 saturated carbocycles. The number of nitrogens with zero attached hydrogens (tertiary/aromatic N) is 2. The lowest BCUT2D eigenvalue weighted by atomic mass is 9.85. The number of nitrogens with two attached hydrogens (primary N) is 1. The number of para-hydroxylation sites is 1. The highest BCUT2D eigenvalue weighted by atomic mass is 16.2. The summed E-state index contributed by atoms with van der Waals surface area (Å²) in [6.45, 7) is 2.89. The van der Waals surface area contributed by atoms with Crippen LogP contribution >= 0.6 is 0 Å². The molecule has 7 nitrogen and oxygen atoms in total. The third-order valence-corrected chi connectivity index (χ3v) is 6.36. The van der Waals surface area contributed by atoms with Gasteiger partial charge >= 0.3 is 0 Å². The van der Waals surface area contributed by atoms with Gasteiger partial charge in [0, 0.05) is 24.2 Å². The smallest absolute Gasteiger partial charge is 0.262 e. The Morgan fingerprint density at radius 1 is 1.30 bits per heavy atom. The van der Waals surface area contributed by atoms with Crippen molar-refractivity contribution < 1.29 is 4.79 Å². The Morgan fingerprint density at radius 2 is 2.07 bits per heavy atom. The molecule has 1 aliphatic carbocycles. The van der Waals surface area contributed by atoms with Gasteiger partial charge in [-0.05, 0) is 31.7 Å². The van der Waals surface area contributed by atoms with Crippen LogP contribution in [0.5, 0.6) is 0 Å². The molecule has 0 spiro atoms. The highest BCUT2D eigenvalue weighted by molar-refractivity contribution is 6.03. The van der Waals surface area contributed by atoms with E-state index < -0.39 is 6.04 Å². The summed E-state index contributed by atoms with van der Waals surface area (Å²) in [6, 6.07) is 7.37. The lowest BCUT2D eigenvalue weighted by Gasteiger charge is -2.24. The molecule has 7 heteroatoms.